The monoisotopic (exact) mass is 441 g/mol. The fourth-order valence-corrected chi connectivity index (χ4v) is 4.69. The topological polar surface area (TPSA) is 63.6 Å². The average molecular weight is 442 g/mol. The number of aromatic nitrogens is 1. The first-order valence-corrected chi connectivity index (χ1v) is 11.3. The number of ether oxygens (including phenoxy) is 1. The molecule has 2 aliphatic rings. The molecule has 1 aliphatic carbocycles. The van der Waals surface area contributed by atoms with Gasteiger partial charge in [-0.1, -0.05) is 12.7 Å². The highest BCUT2D eigenvalue weighted by Crippen LogP contribution is 2.41. The number of hydrogen-bond acceptors (Lipinski definition) is 4. The Morgan fingerprint density at radius 3 is 2.66 bits per heavy atom. The first kappa shape index (κ1) is 22.4. The van der Waals surface area contributed by atoms with Crippen LogP contribution in [0.4, 0.5) is 14.9 Å². The van der Waals surface area contributed by atoms with Gasteiger partial charge >= 0.3 is 6.09 Å². The molecule has 1 aromatic heterocycles. The van der Waals surface area contributed by atoms with Gasteiger partial charge in [0.05, 0.1) is 11.2 Å². The minimum atomic E-state index is -0.546. The summed E-state index contributed by atoms with van der Waals surface area (Å²) in [5.74, 6) is -0.114. The standard InChI is InChI=1S/C25H32FN3O3/c1-6-18-19-9-10-20(30)29(17-7-8-17)22(19)15(2)23(21(18)26)28-12-11-16(14-28)13-27-24(31)32-25(3,4)5/h6,9-10,16-17H,1,7-8,11-14H2,2-5H3,(H,27,31). The number of benzene rings is 1. The molecule has 1 aromatic carbocycles. The van der Waals surface area contributed by atoms with Crippen molar-refractivity contribution in [3.63, 3.8) is 0 Å². The molecule has 2 heterocycles. The Bertz CT molecular complexity index is 1130. The quantitative estimate of drug-likeness (QED) is 0.726. The van der Waals surface area contributed by atoms with Gasteiger partial charge in [-0.2, -0.15) is 0 Å². The molecule has 0 radical (unpaired) electrons. The second-order valence-corrected chi connectivity index (χ2v) is 9.92. The van der Waals surface area contributed by atoms with Crippen molar-refractivity contribution >= 4 is 28.8 Å². The van der Waals surface area contributed by atoms with Crippen LogP contribution in [0.1, 0.15) is 57.2 Å². The number of alkyl carbamates (subject to hydrolysis) is 1. The highest BCUT2D eigenvalue weighted by atomic mass is 19.1. The summed E-state index contributed by atoms with van der Waals surface area (Å²) in [6.07, 6.45) is 3.87. The van der Waals surface area contributed by atoms with Crippen LogP contribution >= 0.6 is 0 Å². The molecule has 172 valence electrons. The smallest absolute Gasteiger partial charge is 0.407 e. The number of fused-ring (bicyclic) bond motifs is 1. The van der Waals surface area contributed by atoms with Crippen LogP contribution in [-0.2, 0) is 4.74 Å². The maximum Gasteiger partial charge on any atom is 0.407 e. The van der Waals surface area contributed by atoms with Gasteiger partial charge in [0.25, 0.3) is 5.56 Å². The summed E-state index contributed by atoms with van der Waals surface area (Å²) in [5, 5.41) is 3.56. The molecular weight excluding hydrogens is 409 g/mol. The van der Waals surface area contributed by atoms with Gasteiger partial charge in [-0.15, -0.1) is 0 Å². The van der Waals surface area contributed by atoms with Gasteiger partial charge < -0.3 is 19.5 Å². The molecule has 2 fully saturated rings. The lowest BCUT2D eigenvalue weighted by Crippen LogP contribution is -2.36. The van der Waals surface area contributed by atoms with Crippen molar-refractivity contribution in [3.8, 4) is 0 Å². The average Bonchev–Trinajstić information content (AvgIpc) is 3.44. The number of nitrogens with one attached hydrogen (secondary N) is 1. The Morgan fingerprint density at radius 1 is 1.31 bits per heavy atom. The van der Waals surface area contributed by atoms with E-state index in [2.05, 4.69) is 11.9 Å². The second kappa shape index (κ2) is 8.26. The van der Waals surface area contributed by atoms with E-state index in [0.29, 0.717) is 30.9 Å². The molecule has 32 heavy (non-hydrogen) atoms. The lowest BCUT2D eigenvalue weighted by Gasteiger charge is -2.26. The number of pyridine rings is 1. The van der Waals surface area contributed by atoms with Crippen molar-refractivity contribution in [2.24, 2.45) is 5.92 Å². The number of carbonyl (C=O) groups excluding carboxylic acids is 1. The number of hydrogen-bond donors (Lipinski definition) is 1. The third-order valence-electron chi connectivity index (χ3n) is 6.22. The maximum absolute atomic E-state index is 15.7. The minimum Gasteiger partial charge on any atom is -0.444 e. The van der Waals surface area contributed by atoms with Crippen LogP contribution in [0.15, 0.2) is 23.5 Å². The molecule has 1 saturated heterocycles. The van der Waals surface area contributed by atoms with E-state index in [0.717, 1.165) is 35.7 Å². The Hall–Kier alpha value is -2.83. The lowest BCUT2D eigenvalue weighted by atomic mass is 10.00. The normalized spacial score (nSPS) is 18.8. The summed E-state index contributed by atoms with van der Waals surface area (Å²) in [6, 6.07) is 3.43. The Kier molecular flexibility index (Phi) is 5.77. The number of amides is 1. The summed E-state index contributed by atoms with van der Waals surface area (Å²) in [4.78, 5) is 26.7. The molecule has 1 amide bonds. The molecule has 1 N–H and O–H groups in total. The van der Waals surface area contributed by atoms with Gasteiger partial charge in [0.2, 0.25) is 0 Å². The van der Waals surface area contributed by atoms with Gasteiger partial charge in [-0.25, -0.2) is 9.18 Å². The summed E-state index contributed by atoms with van der Waals surface area (Å²) in [6.45, 7) is 13.0. The fraction of sp³-hybridized carbons (Fsp3) is 0.520. The van der Waals surface area contributed by atoms with Crippen LogP contribution in [0.3, 0.4) is 0 Å². The van der Waals surface area contributed by atoms with Gasteiger partial charge in [0, 0.05) is 42.7 Å². The van der Waals surface area contributed by atoms with Crippen LogP contribution in [0.5, 0.6) is 0 Å². The highest BCUT2D eigenvalue weighted by molar-refractivity contribution is 5.95. The zero-order valence-corrected chi connectivity index (χ0v) is 19.3. The highest BCUT2D eigenvalue weighted by Gasteiger charge is 2.32. The van der Waals surface area contributed by atoms with E-state index < -0.39 is 11.7 Å². The molecule has 6 nitrogen and oxygen atoms in total. The predicted molar refractivity (Wildman–Crippen MR) is 126 cm³/mol. The number of aryl methyl sites for hydroxylation is 1. The Labute approximate surface area is 188 Å². The zero-order valence-electron chi connectivity index (χ0n) is 19.3. The van der Waals surface area contributed by atoms with Crippen molar-refractivity contribution < 1.29 is 13.9 Å². The molecule has 2 aromatic rings. The van der Waals surface area contributed by atoms with E-state index in [1.165, 1.54) is 6.07 Å². The number of anilines is 1. The molecule has 1 saturated carbocycles. The molecule has 0 spiro atoms. The molecular formula is C25H32FN3O3. The van der Waals surface area contributed by atoms with E-state index in [9.17, 15) is 9.59 Å². The summed E-state index contributed by atoms with van der Waals surface area (Å²) in [5.41, 5.74) is 1.97. The Morgan fingerprint density at radius 2 is 2.03 bits per heavy atom. The largest absolute Gasteiger partial charge is 0.444 e. The molecule has 7 heteroatoms. The first-order chi connectivity index (χ1) is 15.1. The van der Waals surface area contributed by atoms with Gasteiger partial charge in [-0.05, 0) is 64.5 Å². The molecule has 1 atom stereocenters. The van der Waals surface area contributed by atoms with Crippen LogP contribution in [-0.4, -0.2) is 35.9 Å². The summed E-state index contributed by atoms with van der Waals surface area (Å²) in [7, 11) is 0. The van der Waals surface area contributed by atoms with Crippen molar-refractivity contribution in [1.29, 1.82) is 0 Å². The number of nitrogens with zero attached hydrogens (tertiary/aromatic N) is 2. The summed E-state index contributed by atoms with van der Waals surface area (Å²) >= 11 is 0. The van der Waals surface area contributed by atoms with E-state index in [-0.39, 0.29) is 23.3 Å². The van der Waals surface area contributed by atoms with E-state index in [1.54, 1.807) is 12.1 Å². The first-order valence-electron chi connectivity index (χ1n) is 11.3. The van der Waals surface area contributed by atoms with Crippen LogP contribution in [0, 0.1) is 18.7 Å². The zero-order chi connectivity index (χ0) is 23.2. The maximum atomic E-state index is 15.7. The van der Waals surface area contributed by atoms with Crippen LogP contribution in [0.25, 0.3) is 17.0 Å². The van der Waals surface area contributed by atoms with Gasteiger partial charge in [0.15, 0.2) is 5.82 Å². The minimum absolute atomic E-state index is 0.0449. The third kappa shape index (κ3) is 4.25. The molecule has 0 bridgehead atoms. The van der Waals surface area contributed by atoms with Crippen molar-refractivity contribution in [3.05, 3.63) is 46.0 Å². The van der Waals surface area contributed by atoms with Gasteiger partial charge in [0.1, 0.15) is 5.60 Å². The molecule has 1 unspecified atom stereocenters. The van der Waals surface area contributed by atoms with E-state index in [4.69, 9.17) is 4.74 Å². The van der Waals surface area contributed by atoms with Crippen LogP contribution in [0.2, 0.25) is 0 Å². The predicted octanol–water partition coefficient (Wildman–Crippen LogP) is 4.78. The number of carbonyl (C=O) groups is 1. The fourth-order valence-electron chi connectivity index (χ4n) is 4.69. The SMILES string of the molecule is C=Cc1c(F)c(N2CCC(CNC(=O)OC(C)(C)C)C2)c(C)c2c1ccc(=O)n2C1CC1. The molecule has 1 aliphatic heterocycles. The van der Waals surface area contributed by atoms with Crippen molar-refractivity contribution in [1.82, 2.24) is 9.88 Å². The van der Waals surface area contributed by atoms with E-state index in [1.807, 2.05) is 37.2 Å². The van der Waals surface area contributed by atoms with Crippen molar-refractivity contribution in [2.45, 2.75) is 58.6 Å². The molecule has 4 rings (SSSR count). The van der Waals surface area contributed by atoms with Crippen molar-refractivity contribution in [2.75, 3.05) is 24.5 Å². The summed E-state index contributed by atoms with van der Waals surface area (Å²) < 4.78 is 22.8. The van der Waals surface area contributed by atoms with E-state index >= 15 is 4.39 Å². The Balaban J connectivity index is 1.64. The second-order valence-electron chi connectivity index (χ2n) is 9.92. The number of halogens is 1. The number of rotatable bonds is 5. The lowest BCUT2D eigenvalue weighted by molar-refractivity contribution is 0.0520. The van der Waals surface area contributed by atoms with Crippen LogP contribution < -0.4 is 15.8 Å². The third-order valence-corrected chi connectivity index (χ3v) is 6.22. The van der Waals surface area contributed by atoms with Gasteiger partial charge in [-0.3, -0.25) is 4.79 Å².